The maximum absolute atomic E-state index is 13.3. The number of hydrogen-bond donors (Lipinski definition) is 1. The van der Waals surface area contributed by atoms with E-state index in [0.717, 1.165) is 0 Å². The minimum Gasteiger partial charge on any atom is -0.399 e. The molecule has 0 amide bonds. The summed E-state index contributed by atoms with van der Waals surface area (Å²) in [4.78, 5) is -0.300. The van der Waals surface area contributed by atoms with Crippen LogP contribution in [0.3, 0.4) is 0 Å². The van der Waals surface area contributed by atoms with Crippen LogP contribution in [0.5, 0.6) is 0 Å². The lowest BCUT2D eigenvalue weighted by Crippen LogP contribution is -2.37. The van der Waals surface area contributed by atoms with Gasteiger partial charge in [0.25, 0.3) is 20.0 Å². The third-order valence-electron chi connectivity index (χ3n) is 3.63. The molecule has 0 unspecified atom stereocenters. The first-order valence-electron chi connectivity index (χ1n) is 7.69. The number of nitrogen functional groups attached to an aromatic ring is 1. The summed E-state index contributed by atoms with van der Waals surface area (Å²) < 4.78 is 53.9. The maximum Gasteiger partial charge on any atom is 0.277 e. The Bertz CT molecular complexity index is 1080. The first kappa shape index (κ1) is 19.4. The molecule has 0 saturated carbocycles. The minimum absolute atomic E-state index is 0.0884. The van der Waals surface area contributed by atoms with Gasteiger partial charge in [0.1, 0.15) is 0 Å². The predicted molar refractivity (Wildman–Crippen MR) is 108 cm³/mol. The molecule has 140 valence electrons. The summed E-state index contributed by atoms with van der Waals surface area (Å²) in [6, 6.07) is 19.0. The van der Waals surface area contributed by atoms with Gasteiger partial charge in [0.2, 0.25) is 0 Å². The Morgan fingerprint density at radius 2 is 1.15 bits per heavy atom. The number of nitrogens with two attached hydrogens (primary N) is 1. The summed E-state index contributed by atoms with van der Waals surface area (Å²) in [5.74, 6) is 0. The molecule has 3 rings (SSSR count). The molecule has 0 aliphatic carbocycles. The van der Waals surface area contributed by atoms with Crippen molar-refractivity contribution < 1.29 is 16.8 Å². The van der Waals surface area contributed by atoms with Crippen molar-refractivity contribution in [3.8, 4) is 0 Å². The quantitative estimate of drug-likeness (QED) is 0.579. The molecular formula is C18H15BrN2O4S2. The van der Waals surface area contributed by atoms with Gasteiger partial charge in [0.05, 0.1) is 15.5 Å². The molecular weight excluding hydrogens is 452 g/mol. The second-order valence-electron chi connectivity index (χ2n) is 5.58. The minimum atomic E-state index is -4.42. The van der Waals surface area contributed by atoms with Crippen molar-refractivity contribution in [1.29, 1.82) is 0 Å². The van der Waals surface area contributed by atoms with E-state index in [1.807, 2.05) is 0 Å². The van der Waals surface area contributed by atoms with Gasteiger partial charge in [-0.15, -0.1) is 0 Å². The van der Waals surface area contributed by atoms with Crippen molar-refractivity contribution >= 4 is 47.4 Å². The van der Waals surface area contributed by atoms with Crippen LogP contribution >= 0.6 is 15.9 Å². The summed E-state index contributed by atoms with van der Waals surface area (Å²) in [6.07, 6.45) is 0. The standard InChI is InChI=1S/C18H15BrN2O4S2/c19-14-11-15(20)13-16(12-14)21(26(22,23)17-7-3-1-4-8-17)27(24,25)18-9-5-2-6-10-18/h1-13H,20H2. The number of benzene rings is 3. The van der Waals surface area contributed by atoms with E-state index in [1.54, 1.807) is 18.2 Å². The first-order valence-corrected chi connectivity index (χ1v) is 11.4. The van der Waals surface area contributed by atoms with E-state index in [1.165, 1.54) is 60.7 Å². The summed E-state index contributed by atoms with van der Waals surface area (Å²) in [5.41, 5.74) is 5.94. The Kier molecular flexibility index (Phi) is 5.27. The Balaban J connectivity index is 2.31. The van der Waals surface area contributed by atoms with Crippen molar-refractivity contribution in [3.63, 3.8) is 0 Å². The van der Waals surface area contributed by atoms with E-state index < -0.39 is 20.0 Å². The summed E-state index contributed by atoms with van der Waals surface area (Å²) in [6.45, 7) is 0. The van der Waals surface area contributed by atoms with Crippen LogP contribution < -0.4 is 9.44 Å². The van der Waals surface area contributed by atoms with Gasteiger partial charge in [-0.2, -0.15) is 3.71 Å². The Labute approximate surface area is 166 Å². The fraction of sp³-hybridized carbons (Fsp3) is 0. The molecule has 0 heterocycles. The molecule has 0 aliphatic heterocycles. The molecule has 0 saturated heterocycles. The van der Waals surface area contributed by atoms with Crippen LogP contribution in [0.2, 0.25) is 0 Å². The Hall–Kier alpha value is -2.36. The topological polar surface area (TPSA) is 97.5 Å². The van der Waals surface area contributed by atoms with E-state index in [0.29, 0.717) is 8.18 Å². The van der Waals surface area contributed by atoms with Gasteiger partial charge in [-0.1, -0.05) is 52.3 Å². The summed E-state index contributed by atoms with van der Waals surface area (Å²) in [7, 11) is -8.85. The maximum atomic E-state index is 13.3. The van der Waals surface area contributed by atoms with Crippen LogP contribution in [0, 0.1) is 0 Å². The lowest BCUT2D eigenvalue weighted by Gasteiger charge is -2.24. The van der Waals surface area contributed by atoms with Crippen LogP contribution in [-0.2, 0) is 20.0 Å². The molecule has 0 bridgehead atoms. The number of hydrogen-bond acceptors (Lipinski definition) is 5. The molecule has 2 N–H and O–H groups in total. The van der Waals surface area contributed by atoms with Gasteiger partial charge >= 0.3 is 0 Å². The highest BCUT2D eigenvalue weighted by molar-refractivity contribution is 9.10. The second-order valence-corrected chi connectivity index (χ2v) is 10.3. The first-order chi connectivity index (χ1) is 12.7. The Morgan fingerprint density at radius 3 is 1.56 bits per heavy atom. The average molecular weight is 467 g/mol. The van der Waals surface area contributed by atoms with Crippen molar-refractivity contribution in [3.05, 3.63) is 83.3 Å². The summed E-state index contributed by atoms with van der Waals surface area (Å²) in [5, 5.41) is 0. The molecule has 0 spiro atoms. The fourth-order valence-electron chi connectivity index (χ4n) is 2.48. The molecule has 9 heteroatoms. The number of nitrogens with zero attached hydrogens (tertiary/aromatic N) is 1. The van der Waals surface area contributed by atoms with Crippen LogP contribution in [0.25, 0.3) is 0 Å². The second kappa shape index (κ2) is 7.34. The molecule has 3 aromatic rings. The highest BCUT2D eigenvalue weighted by Crippen LogP contribution is 2.33. The van der Waals surface area contributed by atoms with Crippen molar-refractivity contribution in [2.24, 2.45) is 0 Å². The van der Waals surface area contributed by atoms with Crippen molar-refractivity contribution in [1.82, 2.24) is 0 Å². The van der Waals surface area contributed by atoms with Crippen LogP contribution in [0.1, 0.15) is 0 Å². The van der Waals surface area contributed by atoms with Crippen LogP contribution in [0.4, 0.5) is 11.4 Å². The van der Waals surface area contributed by atoms with Crippen LogP contribution in [0.15, 0.2) is 93.1 Å². The number of sulfonamides is 2. The van der Waals surface area contributed by atoms with E-state index in [4.69, 9.17) is 5.73 Å². The van der Waals surface area contributed by atoms with Gasteiger partial charge in [0.15, 0.2) is 0 Å². The molecule has 0 radical (unpaired) electrons. The predicted octanol–water partition coefficient (Wildman–Crippen LogP) is 3.62. The van der Waals surface area contributed by atoms with E-state index in [-0.39, 0.29) is 21.2 Å². The van der Waals surface area contributed by atoms with E-state index in [2.05, 4.69) is 15.9 Å². The summed E-state index contributed by atoms with van der Waals surface area (Å²) >= 11 is 3.23. The van der Waals surface area contributed by atoms with E-state index >= 15 is 0 Å². The number of anilines is 2. The molecule has 0 aliphatic rings. The molecule has 0 aromatic heterocycles. The van der Waals surface area contributed by atoms with Gasteiger partial charge in [-0.25, -0.2) is 16.8 Å². The van der Waals surface area contributed by atoms with Crippen molar-refractivity contribution in [2.75, 3.05) is 9.44 Å². The monoisotopic (exact) mass is 466 g/mol. The highest BCUT2D eigenvalue weighted by atomic mass is 79.9. The fourth-order valence-corrected chi connectivity index (χ4v) is 6.68. The number of rotatable bonds is 5. The molecule has 0 fully saturated rings. The zero-order valence-corrected chi connectivity index (χ0v) is 17.1. The zero-order valence-electron chi connectivity index (χ0n) is 13.9. The SMILES string of the molecule is Nc1cc(Br)cc(N(S(=O)(=O)c2ccccc2)S(=O)(=O)c2ccccc2)c1. The van der Waals surface area contributed by atoms with Gasteiger partial charge < -0.3 is 5.73 Å². The highest BCUT2D eigenvalue weighted by Gasteiger charge is 2.37. The van der Waals surface area contributed by atoms with Gasteiger partial charge in [-0.3, -0.25) is 0 Å². The lowest BCUT2D eigenvalue weighted by atomic mass is 10.3. The molecule has 27 heavy (non-hydrogen) atoms. The van der Waals surface area contributed by atoms with Crippen molar-refractivity contribution in [2.45, 2.75) is 9.79 Å². The lowest BCUT2D eigenvalue weighted by molar-refractivity contribution is 0.584. The normalized spacial score (nSPS) is 11.9. The van der Waals surface area contributed by atoms with Gasteiger partial charge in [-0.05, 0) is 42.5 Å². The molecule has 0 atom stereocenters. The average Bonchev–Trinajstić information content (AvgIpc) is 2.62. The van der Waals surface area contributed by atoms with E-state index in [9.17, 15) is 16.8 Å². The van der Waals surface area contributed by atoms with Gasteiger partial charge in [0, 0.05) is 10.2 Å². The largest absolute Gasteiger partial charge is 0.399 e. The third kappa shape index (κ3) is 3.85. The number of halogens is 1. The van der Waals surface area contributed by atoms with Crippen LogP contribution in [-0.4, -0.2) is 16.8 Å². The third-order valence-corrected chi connectivity index (χ3v) is 8.30. The smallest absolute Gasteiger partial charge is 0.277 e. The zero-order chi connectivity index (χ0) is 19.7. The molecule has 6 nitrogen and oxygen atoms in total. The molecule has 3 aromatic carbocycles. The Morgan fingerprint density at radius 1 is 0.704 bits per heavy atom.